The number of amides is 1. The Bertz CT molecular complexity index is 751. The highest BCUT2D eigenvalue weighted by atomic mass is 79.9. The van der Waals surface area contributed by atoms with E-state index < -0.39 is 0 Å². The lowest BCUT2D eigenvalue weighted by atomic mass is 10.2. The predicted molar refractivity (Wildman–Crippen MR) is 96.6 cm³/mol. The van der Waals surface area contributed by atoms with Crippen LogP contribution in [0.2, 0.25) is 10.0 Å². The van der Waals surface area contributed by atoms with E-state index >= 15 is 0 Å². The van der Waals surface area contributed by atoms with Gasteiger partial charge in [0.25, 0.3) is 5.91 Å². The highest BCUT2D eigenvalue weighted by Gasteiger charge is 2.03. The second kappa shape index (κ2) is 8.34. The smallest absolute Gasteiger partial charge is 0.277 e. The molecule has 2 aromatic rings. The van der Waals surface area contributed by atoms with Crippen LogP contribution in [0.1, 0.15) is 11.1 Å². The number of benzene rings is 2. The Morgan fingerprint density at radius 3 is 2.74 bits per heavy atom. The van der Waals surface area contributed by atoms with E-state index in [-0.39, 0.29) is 12.5 Å². The van der Waals surface area contributed by atoms with Gasteiger partial charge in [-0.05, 0) is 48.4 Å². The molecule has 0 atom stereocenters. The third kappa shape index (κ3) is 5.53. The normalized spacial score (nSPS) is 10.8. The van der Waals surface area contributed by atoms with E-state index in [0.29, 0.717) is 15.8 Å². The number of hydrogen-bond donors (Lipinski definition) is 1. The second-order valence-corrected chi connectivity index (χ2v) is 6.34. The third-order valence-electron chi connectivity index (χ3n) is 2.85. The molecule has 0 aliphatic heterocycles. The third-order valence-corrected chi connectivity index (χ3v) is 4.47. The van der Waals surface area contributed by atoms with E-state index in [4.69, 9.17) is 27.9 Å². The molecule has 23 heavy (non-hydrogen) atoms. The van der Waals surface area contributed by atoms with Crippen LogP contribution >= 0.6 is 39.1 Å². The van der Waals surface area contributed by atoms with E-state index in [0.717, 1.165) is 15.6 Å². The average molecular weight is 416 g/mol. The van der Waals surface area contributed by atoms with Gasteiger partial charge < -0.3 is 4.74 Å². The summed E-state index contributed by atoms with van der Waals surface area (Å²) < 4.78 is 6.38. The van der Waals surface area contributed by atoms with E-state index in [1.54, 1.807) is 24.3 Å². The van der Waals surface area contributed by atoms with Crippen molar-refractivity contribution in [1.82, 2.24) is 5.43 Å². The van der Waals surface area contributed by atoms with Crippen LogP contribution in [0.25, 0.3) is 0 Å². The first-order valence-electron chi connectivity index (χ1n) is 6.61. The molecule has 0 fully saturated rings. The molecular weight excluding hydrogens is 403 g/mol. The van der Waals surface area contributed by atoms with Crippen LogP contribution in [-0.4, -0.2) is 18.7 Å². The van der Waals surface area contributed by atoms with Crippen molar-refractivity contribution < 1.29 is 9.53 Å². The summed E-state index contributed by atoms with van der Waals surface area (Å²) in [7, 11) is 0. The molecule has 120 valence electrons. The minimum atomic E-state index is -0.359. The molecule has 0 spiro atoms. The van der Waals surface area contributed by atoms with Crippen molar-refractivity contribution in [2.24, 2.45) is 5.10 Å². The lowest BCUT2D eigenvalue weighted by Crippen LogP contribution is -2.24. The highest BCUT2D eigenvalue weighted by molar-refractivity contribution is 9.10. The van der Waals surface area contributed by atoms with Crippen LogP contribution in [0.15, 0.2) is 46.0 Å². The number of aryl methyl sites for hydroxylation is 1. The quantitative estimate of drug-likeness (QED) is 0.573. The molecule has 0 heterocycles. The number of ether oxygens (including phenoxy) is 1. The Labute approximate surface area is 152 Å². The number of hydrogen-bond acceptors (Lipinski definition) is 3. The summed E-state index contributed by atoms with van der Waals surface area (Å²) in [5.74, 6) is 0.260. The fourth-order valence-corrected chi connectivity index (χ4v) is 2.21. The summed E-state index contributed by atoms with van der Waals surface area (Å²) in [6.45, 7) is 1.82. The molecule has 0 saturated heterocycles. The van der Waals surface area contributed by atoms with Gasteiger partial charge in [0.1, 0.15) is 5.75 Å². The molecular formula is C16H13BrCl2N2O2. The zero-order chi connectivity index (χ0) is 16.8. The van der Waals surface area contributed by atoms with E-state index in [9.17, 15) is 4.79 Å². The van der Waals surface area contributed by atoms with Crippen LogP contribution in [0.4, 0.5) is 0 Å². The first-order chi connectivity index (χ1) is 11.0. The van der Waals surface area contributed by atoms with Crippen LogP contribution in [-0.2, 0) is 4.79 Å². The number of carbonyl (C=O) groups is 1. The van der Waals surface area contributed by atoms with Gasteiger partial charge in [0, 0.05) is 4.47 Å². The predicted octanol–water partition coefficient (Wildman–Crippen LogP) is 4.59. The van der Waals surface area contributed by atoms with Gasteiger partial charge in [-0.3, -0.25) is 4.79 Å². The van der Waals surface area contributed by atoms with Gasteiger partial charge in [-0.1, -0.05) is 45.2 Å². The molecule has 0 unspecified atom stereocenters. The van der Waals surface area contributed by atoms with Crippen molar-refractivity contribution in [3.05, 3.63) is 62.0 Å². The maximum Gasteiger partial charge on any atom is 0.277 e. The molecule has 0 radical (unpaired) electrons. The summed E-state index contributed by atoms with van der Waals surface area (Å²) in [4.78, 5) is 11.7. The molecule has 4 nitrogen and oxygen atoms in total. The minimum absolute atomic E-state index is 0.125. The Morgan fingerprint density at radius 1 is 1.26 bits per heavy atom. The number of halogens is 3. The van der Waals surface area contributed by atoms with Gasteiger partial charge >= 0.3 is 0 Å². The highest BCUT2D eigenvalue weighted by Crippen LogP contribution is 2.22. The summed E-state index contributed by atoms with van der Waals surface area (Å²) in [5, 5.41) is 4.73. The summed E-state index contributed by atoms with van der Waals surface area (Å²) >= 11 is 15.1. The number of nitrogens with one attached hydrogen (secondary N) is 1. The first-order valence-corrected chi connectivity index (χ1v) is 8.16. The fraction of sp³-hybridized carbons (Fsp3) is 0.125. The van der Waals surface area contributed by atoms with Crippen LogP contribution < -0.4 is 10.2 Å². The monoisotopic (exact) mass is 414 g/mol. The maximum absolute atomic E-state index is 11.7. The average Bonchev–Trinajstić information content (AvgIpc) is 2.52. The standard InChI is InChI=1S/C16H13BrCl2N2O2/c1-10-6-12(3-4-13(10)17)23-9-16(22)21-20-8-11-2-5-14(18)15(19)7-11/h2-8H,9H2,1H3,(H,21,22)/b20-8+. The molecule has 0 aromatic heterocycles. The SMILES string of the molecule is Cc1cc(OCC(=O)N/N=C/c2ccc(Cl)c(Cl)c2)ccc1Br. The van der Waals surface area contributed by atoms with E-state index in [1.807, 2.05) is 19.1 Å². The van der Waals surface area contributed by atoms with Crippen molar-refractivity contribution in [2.75, 3.05) is 6.61 Å². The van der Waals surface area contributed by atoms with Crippen LogP contribution in [0.3, 0.4) is 0 Å². The van der Waals surface area contributed by atoms with Crippen molar-refractivity contribution in [3.63, 3.8) is 0 Å². The number of carbonyl (C=O) groups excluding carboxylic acids is 1. The second-order valence-electron chi connectivity index (χ2n) is 4.67. The fourth-order valence-electron chi connectivity index (χ4n) is 1.66. The number of hydrazone groups is 1. The molecule has 0 aliphatic carbocycles. The van der Waals surface area contributed by atoms with Gasteiger partial charge in [-0.25, -0.2) is 5.43 Å². The first kappa shape index (κ1) is 17.8. The van der Waals surface area contributed by atoms with Crippen molar-refractivity contribution in [3.8, 4) is 5.75 Å². The summed E-state index contributed by atoms with van der Waals surface area (Å²) in [6, 6.07) is 10.5. The Hall–Kier alpha value is -1.56. The number of nitrogens with zero attached hydrogens (tertiary/aromatic N) is 1. The molecule has 2 aromatic carbocycles. The van der Waals surface area contributed by atoms with Gasteiger partial charge in [0.05, 0.1) is 16.3 Å². The molecule has 1 amide bonds. The molecule has 1 N–H and O–H groups in total. The van der Waals surface area contributed by atoms with Gasteiger partial charge in [-0.15, -0.1) is 0 Å². The molecule has 2 rings (SSSR count). The molecule has 7 heteroatoms. The summed E-state index contributed by atoms with van der Waals surface area (Å²) in [5.41, 5.74) is 4.14. The molecule has 0 bridgehead atoms. The maximum atomic E-state index is 11.7. The van der Waals surface area contributed by atoms with Crippen molar-refractivity contribution in [1.29, 1.82) is 0 Å². The number of rotatable bonds is 5. The van der Waals surface area contributed by atoms with Crippen LogP contribution in [0.5, 0.6) is 5.75 Å². The Balaban J connectivity index is 1.83. The zero-order valence-corrected chi connectivity index (χ0v) is 15.2. The minimum Gasteiger partial charge on any atom is -0.484 e. The lowest BCUT2D eigenvalue weighted by molar-refractivity contribution is -0.123. The molecule has 0 saturated carbocycles. The van der Waals surface area contributed by atoms with Crippen molar-refractivity contribution in [2.45, 2.75) is 6.92 Å². The van der Waals surface area contributed by atoms with Gasteiger partial charge in [0.2, 0.25) is 0 Å². The topological polar surface area (TPSA) is 50.7 Å². The van der Waals surface area contributed by atoms with E-state index in [2.05, 4.69) is 26.5 Å². The summed E-state index contributed by atoms with van der Waals surface area (Å²) in [6.07, 6.45) is 1.48. The molecule has 0 aliphatic rings. The Morgan fingerprint density at radius 2 is 2.04 bits per heavy atom. The van der Waals surface area contributed by atoms with Crippen LogP contribution in [0, 0.1) is 6.92 Å². The lowest BCUT2D eigenvalue weighted by Gasteiger charge is -2.06. The largest absolute Gasteiger partial charge is 0.484 e. The van der Waals surface area contributed by atoms with Gasteiger partial charge in [0.15, 0.2) is 6.61 Å². The van der Waals surface area contributed by atoms with Crippen molar-refractivity contribution >= 4 is 51.3 Å². The van der Waals surface area contributed by atoms with Gasteiger partial charge in [-0.2, -0.15) is 5.10 Å². The zero-order valence-electron chi connectivity index (χ0n) is 12.1. The van der Waals surface area contributed by atoms with E-state index in [1.165, 1.54) is 6.21 Å². The Kier molecular flexibility index (Phi) is 6.45.